The summed E-state index contributed by atoms with van der Waals surface area (Å²) in [5, 5.41) is 3.07. The minimum Gasteiger partial charge on any atom is -0.362 e. The number of hydrogen-bond donors (Lipinski definition) is 1. The molecular formula is C18H24N2O. The van der Waals surface area contributed by atoms with Crippen LogP contribution in [0.3, 0.4) is 0 Å². The van der Waals surface area contributed by atoms with Crippen molar-refractivity contribution in [2.24, 2.45) is 0 Å². The summed E-state index contributed by atoms with van der Waals surface area (Å²) in [4.78, 5) is 14.3. The highest BCUT2D eigenvalue weighted by atomic mass is 16.2. The Morgan fingerprint density at radius 2 is 2.10 bits per heavy atom. The van der Waals surface area contributed by atoms with Gasteiger partial charge >= 0.3 is 0 Å². The van der Waals surface area contributed by atoms with E-state index in [0.29, 0.717) is 6.54 Å². The fourth-order valence-electron chi connectivity index (χ4n) is 3.29. The minimum absolute atomic E-state index is 0.142. The van der Waals surface area contributed by atoms with Gasteiger partial charge in [-0.25, -0.2) is 0 Å². The number of carbonyl (C=O) groups is 1. The molecule has 0 unspecified atom stereocenters. The lowest BCUT2D eigenvalue weighted by Crippen LogP contribution is -2.36. The molecule has 0 fully saturated rings. The van der Waals surface area contributed by atoms with Crippen molar-refractivity contribution < 1.29 is 4.79 Å². The number of hydrogen-bond acceptors (Lipinski definition) is 2. The van der Waals surface area contributed by atoms with E-state index in [0.717, 1.165) is 25.9 Å². The number of benzene rings is 1. The summed E-state index contributed by atoms with van der Waals surface area (Å²) in [6.07, 6.45) is 9.49. The van der Waals surface area contributed by atoms with E-state index in [9.17, 15) is 4.79 Å². The first-order valence-corrected chi connectivity index (χ1v) is 8.10. The van der Waals surface area contributed by atoms with Crippen molar-refractivity contribution in [1.82, 2.24) is 5.32 Å². The molecule has 0 radical (unpaired) electrons. The topological polar surface area (TPSA) is 32.3 Å². The van der Waals surface area contributed by atoms with E-state index in [1.54, 1.807) is 0 Å². The number of rotatable bonds is 5. The zero-order valence-electron chi connectivity index (χ0n) is 12.6. The molecule has 21 heavy (non-hydrogen) atoms. The number of anilines is 1. The molecule has 2 aliphatic rings. The number of nitrogens with zero attached hydrogens (tertiary/aromatic N) is 1. The first-order chi connectivity index (χ1) is 10.3. The molecule has 0 saturated heterocycles. The van der Waals surface area contributed by atoms with Crippen LogP contribution < -0.4 is 10.2 Å². The number of allylic oxidation sites excluding steroid dienone is 1. The molecule has 112 valence electrons. The van der Waals surface area contributed by atoms with Gasteiger partial charge in [-0.05, 0) is 50.2 Å². The summed E-state index contributed by atoms with van der Waals surface area (Å²) in [5.74, 6) is 0.142. The van der Waals surface area contributed by atoms with Crippen molar-refractivity contribution in [2.75, 3.05) is 24.5 Å². The fourth-order valence-corrected chi connectivity index (χ4v) is 3.29. The van der Waals surface area contributed by atoms with Crippen LogP contribution in [-0.4, -0.2) is 25.5 Å². The van der Waals surface area contributed by atoms with Crippen LogP contribution in [0.5, 0.6) is 0 Å². The molecule has 1 N–H and O–H groups in total. The molecule has 3 rings (SSSR count). The Bertz CT molecular complexity index is 536. The van der Waals surface area contributed by atoms with Gasteiger partial charge in [-0.3, -0.25) is 4.79 Å². The molecule has 0 aromatic heterocycles. The molecule has 1 aromatic rings. The van der Waals surface area contributed by atoms with Gasteiger partial charge in [0.25, 0.3) is 0 Å². The highest BCUT2D eigenvalue weighted by Crippen LogP contribution is 2.26. The minimum atomic E-state index is 0.142. The molecule has 1 aliphatic heterocycles. The average Bonchev–Trinajstić information content (AvgIpc) is 2.92. The Labute approximate surface area is 127 Å². The van der Waals surface area contributed by atoms with Crippen LogP contribution in [0, 0.1) is 0 Å². The normalized spacial score (nSPS) is 17.3. The van der Waals surface area contributed by atoms with Crippen LogP contribution in [0.2, 0.25) is 0 Å². The van der Waals surface area contributed by atoms with Gasteiger partial charge in [-0.2, -0.15) is 0 Å². The van der Waals surface area contributed by atoms with Gasteiger partial charge in [-0.1, -0.05) is 29.8 Å². The Morgan fingerprint density at radius 1 is 1.19 bits per heavy atom. The van der Waals surface area contributed by atoms with Crippen molar-refractivity contribution in [1.29, 1.82) is 0 Å². The summed E-state index contributed by atoms with van der Waals surface area (Å²) < 4.78 is 0. The second-order valence-electron chi connectivity index (χ2n) is 6.01. The number of nitrogens with one attached hydrogen (secondary N) is 1. The maximum absolute atomic E-state index is 12.1. The van der Waals surface area contributed by atoms with Crippen molar-refractivity contribution in [2.45, 2.75) is 38.5 Å². The van der Waals surface area contributed by atoms with E-state index in [4.69, 9.17) is 0 Å². The van der Waals surface area contributed by atoms with Crippen LogP contribution in [0.4, 0.5) is 5.69 Å². The highest BCUT2D eigenvalue weighted by molar-refractivity contribution is 5.82. The van der Waals surface area contributed by atoms with Gasteiger partial charge in [-0.15, -0.1) is 0 Å². The molecule has 3 heteroatoms. The molecular weight excluding hydrogens is 260 g/mol. The van der Waals surface area contributed by atoms with Crippen molar-refractivity contribution >= 4 is 11.6 Å². The number of fused-ring (bicyclic) bond motifs is 1. The van der Waals surface area contributed by atoms with Gasteiger partial charge in [0, 0.05) is 18.8 Å². The highest BCUT2D eigenvalue weighted by Gasteiger charge is 2.20. The summed E-state index contributed by atoms with van der Waals surface area (Å²) >= 11 is 0. The number of para-hydroxylation sites is 1. The molecule has 1 aliphatic carbocycles. The van der Waals surface area contributed by atoms with Crippen molar-refractivity contribution in [3.63, 3.8) is 0 Å². The summed E-state index contributed by atoms with van der Waals surface area (Å²) in [5.41, 5.74) is 4.10. The molecule has 1 amide bonds. The Hall–Kier alpha value is -1.77. The van der Waals surface area contributed by atoms with Crippen LogP contribution >= 0.6 is 0 Å². The molecule has 0 spiro atoms. The lowest BCUT2D eigenvalue weighted by Gasteiger charge is -2.19. The van der Waals surface area contributed by atoms with Gasteiger partial charge in [0.05, 0.1) is 6.54 Å². The molecule has 1 heterocycles. The van der Waals surface area contributed by atoms with E-state index in [1.807, 2.05) is 6.07 Å². The predicted octanol–water partition coefficient (Wildman–Crippen LogP) is 3.06. The summed E-state index contributed by atoms with van der Waals surface area (Å²) in [7, 11) is 0. The zero-order valence-corrected chi connectivity index (χ0v) is 12.6. The van der Waals surface area contributed by atoms with Gasteiger partial charge in [0.15, 0.2) is 0 Å². The molecule has 3 nitrogen and oxygen atoms in total. The van der Waals surface area contributed by atoms with Crippen molar-refractivity contribution in [3.05, 3.63) is 41.5 Å². The van der Waals surface area contributed by atoms with Gasteiger partial charge in [0.2, 0.25) is 5.91 Å². The monoisotopic (exact) mass is 284 g/mol. The first-order valence-electron chi connectivity index (χ1n) is 8.10. The number of carbonyl (C=O) groups excluding carboxylic acids is 1. The predicted molar refractivity (Wildman–Crippen MR) is 86.5 cm³/mol. The maximum Gasteiger partial charge on any atom is 0.239 e. The Balaban J connectivity index is 1.44. The summed E-state index contributed by atoms with van der Waals surface area (Å²) in [6.45, 7) is 2.22. The third-order valence-electron chi connectivity index (χ3n) is 4.47. The van der Waals surface area contributed by atoms with E-state index >= 15 is 0 Å². The molecule has 1 aromatic carbocycles. The Morgan fingerprint density at radius 3 is 2.95 bits per heavy atom. The quantitative estimate of drug-likeness (QED) is 0.843. The van der Waals surface area contributed by atoms with Crippen molar-refractivity contribution in [3.8, 4) is 0 Å². The lowest BCUT2D eigenvalue weighted by atomic mass is 9.97. The van der Waals surface area contributed by atoms with Crippen LogP contribution in [-0.2, 0) is 11.2 Å². The van der Waals surface area contributed by atoms with Crippen LogP contribution in [0.15, 0.2) is 35.9 Å². The van der Waals surface area contributed by atoms with E-state index in [-0.39, 0.29) is 5.91 Å². The molecule has 0 atom stereocenters. The number of amides is 1. The Kier molecular flexibility index (Phi) is 4.59. The lowest BCUT2D eigenvalue weighted by molar-refractivity contribution is -0.119. The van der Waals surface area contributed by atoms with Crippen LogP contribution in [0.25, 0.3) is 0 Å². The third kappa shape index (κ3) is 3.66. The van der Waals surface area contributed by atoms with Crippen LogP contribution in [0.1, 0.15) is 37.7 Å². The maximum atomic E-state index is 12.1. The largest absolute Gasteiger partial charge is 0.362 e. The smallest absolute Gasteiger partial charge is 0.239 e. The molecule has 0 bridgehead atoms. The standard InChI is InChI=1S/C18H24N2O/c21-18(19-12-10-15-6-2-1-3-7-15)14-20-13-11-16-8-4-5-9-17(16)20/h4-6,8-9H,1-3,7,10-14H2,(H,19,21). The second-order valence-corrected chi connectivity index (χ2v) is 6.01. The summed E-state index contributed by atoms with van der Waals surface area (Å²) in [6, 6.07) is 8.39. The zero-order chi connectivity index (χ0) is 14.5. The van der Waals surface area contributed by atoms with E-state index in [2.05, 4.69) is 34.5 Å². The second kappa shape index (κ2) is 6.79. The van der Waals surface area contributed by atoms with E-state index < -0.39 is 0 Å². The SMILES string of the molecule is O=C(CN1CCc2ccccc21)NCCC1=CCCCC1. The van der Waals surface area contributed by atoms with E-state index in [1.165, 1.54) is 42.5 Å². The first kappa shape index (κ1) is 14.2. The van der Waals surface area contributed by atoms with Gasteiger partial charge < -0.3 is 10.2 Å². The van der Waals surface area contributed by atoms with Gasteiger partial charge in [0.1, 0.15) is 0 Å². The molecule has 0 saturated carbocycles. The fraction of sp³-hybridized carbons (Fsp3) is 0.500. The average molecular weight is 284 g/mol. The third-order valence-corrected chi connectivity index (χ3v) is 4.47.